The fourth-order valence-corrected chi connectivity index (χ4v) is 1.88. The van der Waals surface area contributed by atoms with Crippen LogP contribution in [-0.2, 0) is 14.6 Å². The van der Waals surface area contributed by atoms with Crippen LogP contribution >= 0.6 is 11.6 Å². The molecule has 0 fully saturated rings. The second-order valence-corrected chi connectivity index (χ2v) is 8.86. The number of halogens is 1. The zero-order chi connectivity index (χ0) is 14.6. The van der Waals surface area contributed by atoms with E-state index in [1.807, 2.05) is 13.8 Å². The third-order valence-electron chi connectivity index (χ3n) is 3.19. The lowest BCUT2D eigenvalue weighted by Crippen LogP contribution is -2.49. The van der Waals surface area contributed by atoms with Crippen molar-refractivity contribution in [1.82, 2.24) is 5.32 Å². The van der Waals surface area contributed by atoms with Crippen molar-refractivity contribution in [2.45, 2.75) is 45.3 Å². The molecule has 0 heterocycles. The molecule has 0 aliphatic carbocycles. The normalized spacial score (nSPS) is 13.4. The highest BCUT2D eigenvalue weighted by atomic mass is 35.5. The highest BCUT2D eigenvalue weighted by molar-refractivity contribution is 7.92. The molecule has 6 heteroatoms. The first-order valence-electron chi connectivity index (χ1n) is 5.98. The maximum Gasteiger partial charge on any atom is 0.240 e. The van der Waals surface area contributed by atoms with Crippen molar-refractivity contribution in [1.29, 1.82) is 0 Å². The average Bonchev–Trinajstić information content (AvgIpc) is 2.21. The van der Waals surface area contributed by atoms with E-state index >= 15 is 0 Å². The van der Waals surface area contributed by atoms with Crippen LogP contribution in [0, 0.1) is 5.41 Å². The molecule has 108 valence electrons. The summed E-state index contributed by atoms with van der Waals surface area (Å²) >= 11 is 5.64. The zero-order valence-corrected chi connectivity index (χ0v) is 13.4. The maximum atomic E-state index is 11.9. The Morgan fingerprint density at radius 2 is 1.72 bits per heavy atom. The fraction of sp³-hybridized carbons (Fsp3) is 0.917. The number of amides is 1. The molecule has 0 aliphatic heterocycles. The van der Waals surface area contributed by atoms with Gasteiger partial charge in [0.05, 0.1) is 0 Å². The number of nitrogens with one attached hydrogen (secondary N) is 1. The molecule has 0 saturated heterocycles. The van der Waals surface area contributed by atoms with Crippen molar-refractivity contribution in [2.75, 3.05) is 18.7 Å². The van der Waals surface area contributed by atoms with Crippen molar-refractivity contribution < 1.29 is 13.2 Å². The van der Waals surface area contributed by atoms with Crippen molar-refractivity contribution in [3.8, 4) is 0 Å². The second-order valence-electron chi connectivity index (χ2n) is 5.92. The molecule has 18 heavy (non-hydrogen) atoms. The zero-order valence-electron chi connectivity index (χ0n) is 11.8. The van der Waals surface area contributed by atoms with E-state index in [1.165, 1.54) is 13.8 Å². The van der Waals surface area contributed by atoms with Gasteiger partial charge in [-0.2, -0.15) is 0 Å². The predicted octanol–water partition coefficient (Wildman–Crippen LogP) is 1.97. The molecule has 0 bridgehead atoms. The van der Waals surface area contributed by atoms with Gasteiger partial charge in [-0.05, 0) is 32.1 Å². The van der Waals surface area contributed by atoms with Gasteiger partial charge in [0.15, 0.2) is 9.84 Å². The summed E-state index contributed by atoms with van der Waals surface area (Å²) in [6.45, 7) is 7.33. The first-order valence-corrected chi connectivity index (χ1v) is 8.40. The molecule has 0 rings (SSSR count). The highest BCUT2D eigenvalue weighted by Crippen LogP contribution is 2.22. The predicted molar refractivity (Wildman–Crippen MR) is 75.7 cm³/mol. The molecule has 0 spiro atoms. The minimum atomic E-state index is -3.42. The third kappa shape index (κ3) is 5.14. The fourth-order valence-electron chi connectivity index (χ4n) is 1.33. The standard InChI is InChI=1S/C12H24ClNO3S/c1-11(2,7-6-8-13)9-14-10(15)12(3,4)18(5,16)17/h6-9H2,1-5H3,(H,14,15). The van der Waals surface area contributed by atoms with Gasteiger partial charge >= 0.3 is 0 Å². The Bertz CT molecular complexity index is 388. The number of hydrogen-bond acceptors (Lipinski definition) is 3. The number of carbonyl (C=O) groups excluding carboxylic acids is 1. The minimum Gasteiger partial charge on any atom is -0.354 e. The van der Waals surface area contributed by atoms with Gasteiger partial charge in [0.2, 0.25) is 5.91 Å². The summed E-state index contributed by atoms with van der Waals surface area (Å²) in [6, 6.07) is 0. The largest absolute Gasteiger partial charge is 0.354 e. The third-order valence-corrected chi connectivity index (χ3v) is 5.50. The summed E-state index contributed by atoms with van der Waals surface area (Å²) in [6.07, 6.45) is 2.83. The molecule has 0 aromatic heterocycles. The molecular weight excluding hydrogens is 274 g/mol. The molecule has 0 atom stereocenters. The second kappa shape index (κ2) is 6.24. The van der Waals surface area contributed by atoms with Gasteiger partial charge in [-0.15, -0.1) is 11.6 Å². The van der Waals surface area contributed by atoms with Crippen LogP contribution in [0.2, 0.25) is 0 Å². The van der Waals surface area contributed by atoms with Crippen molar-refractivity contribution >= 4 is 27.3 Å². The molecule has 0 aromatic carbocycles. The molecule has 0 radical (unpaired) electrons. The van der Waals surface area contributed by atoms with Crippen LogP contribution in [0.4, 0.5) is 0 Å². The van der Waals surface area contributed by atoms with Gasteiger partial charge in [0, 0.05) is 18.7 Å². The summed E-state index contributed by atoms with van der Waals surface area (Å²) in [4.78, 5) is 11.9. The first-order chi connectivity index (χ1) is 7.94. The quantitative estimate of drug-likeness (QED) is 0.731. The number of carbonyl (C=O) groups is 1. The van der Waals surface area contributed by atoms with Crippen LogP contribution in [0.1, 0.15) is 40.5 Å². The summed E-state index contributed by atoms with van der Waals surface area (Å²) in [7, 11) is -3.42. The van der Waals surface area contributed by atoms with Gasteiger partial charge in [-0.25, -0.2) is 8.42 Å². The van der Waals surface area contributed by atoms with Gasteiger partial charge in [0.25, 0.3) is 0 Å². The molecule has 0 aliphatic rings. The molecule has 0 saturated carbocycles. The summed E-state index contributed by atoms with van der Waals surface area (Å²) in [5, 5.41) is 2.72. The molecule has 1 N–H and O–H groups in total. The van der Waals surface area contributed by atoms with E-state index in [9.17, 15) is 13.2 Å². The van der Waals surface area contributed by atoms with Gasteiger partial charge < -0.3 is 5.32 Å². The lowest BCUT2D eigenvalue weighted by atomic mass is 9.88. The summed E-state index contributed by atoms with van der Waals surface area (Å²) < 4.78 is 21.6. The van der Waals surface area contributed by atoms with Crippen LogP contribution in [0.25, 0.3) is 0 Å². The van der Waals surface area contributed by atoms with Crippen LogP contribution < -0.4 is 5.32 Å². The molecule has 0 aromatic rings. The highest BCUT2D eigenvalue weighted by Gasteiger charge is 2.38. The van der Waals surface area contributed by atoms with Gasteiger partial charge in [-0.3, -0.25) is 4.79 Å². The van der Waals surface area contributed by atoms with Crippen LogP contribution in [0.15, 0.2) is 0 Å². The van der Waals surface area contributed by atoms with Crippen LogP contribution in [-0.4, -0.2) is 37.8 Å². The SMILES string of the molecule is CC(C)(CCCCl)CNC(=O)C(C)(C)S(C)(=O)=O. The lowest BCUT2D eigenvalue weighted by molar-refractivity contribution is -0.123. The Labute approximate surface area is 115 Å². The Hall–Kier alpha value is -0.290. The molecule has 0 unspecified atom stereocenters. The van der Waals surface area contributed by atoms with E-state index in [1.54, 1.807) is 0 Å². The first kappa shape index (κ1) is 17.7. The molecular formula is C12H24ClNO3S. The molecule has 1 amide bonds. The van der Waals surface area contributed by atoms with Crippen molar-refractivity contribution in [2.24, 2.45) is 5.41 Å². The van der Waals surface area contributed by atoms with E-state index in [4.69, 9.17) is 11.6 Å². The molecule has 4 nitrogen and oxygen atoms in total. The monoisotopic (exact) mass is 297 g/mol. The van der Waals surface area contributed by atoms with Crippen LogP contribution in [0.5, 0.6) is 0 Å². The number of sulfone groups is 1. The number of hydrogen-bond donors (Lipinski definition) is 1. The smallest absolute Gasteiger partial charge is 0.240 e. The Balaban J connectivity index is 4.52. The van der Waals surface area contributed by atoms with E-state index in [0.29, 0.717) is 12.4 Å². The van der Waals surface area contributed by atoms with Crippen molar-refractivity contribution in [3.05, 3.63) is 0 Å². The summed E-state index contributed by atoms with van der Waals surface area (Å²) in [5.41, 5.74) is -0.0852. The van der Waals surface area contributed by atoms with Crippen molar-refractivity contribution in [3.63, 3.8) is 0 Å². The number of rotatable bonds is 7. The summed E-state index contributed by atoms with van der Waals surface area (Å²) in [5.74, 6) is 0.135. The lowest BCUT2D eigenvalue weighted by Gasteiger charge is -2.28. The van der Waals surface area contributed by atoms with Gasteiger partial charge in [-0.1, -0.05) is 13.8 Å². The Morgan fingerprint density at radius 1 is 1.22 bits per heavy atom. The number of alkyl halides is 1. The van der Waals surface area contributed by atoms with E-state index in [0.717, 1.165) is 19.1 Å². The van der Waals surface area contributed by atoms with E-state index in [2.05, 4.69) is 5.32 Å². The maximum absolute atomic E-state index is 11.9. The Morgan fingerprint density at radius 3 is 2.11 bits per heavy atom. The van der Waals surface area contributed by atoms with Crippen LogP contribution in [0.3, 0.4) is 0 Å². The minimum absolute atomic E-state index is 0.0852. The topological polar surface area (TPSA) is 63.2 Å². The van der Waals surface area contributed by atoms with Gasteiger partial charge in [0.1, 0.15) is 4.75 Å². The average molecular weight is 298 g/mol. The Kier molecular flexibility index (Phi) is 6.14. The van der Waals surface area contributed by atoms with E-state index in [-0.39, 0.29) is 5.41 Å². The van der Waals surface area contributed by atoms with E-state index < -0.39 is 20.5 Å².